The van der Waals surface area contributed by atoms with Gasteiger partial charge in [-0.05, 0) is 37.1 Å². The summed E-state index contributed by atoms with van der Waals surface area (Å²) in [6.07, 6.45) is -0.216. The van der Waals surface area contributed by atoms with E-state index in [-0.39, 0.29) is 22.0 Å². The van der Waals surface area contributed by atoms with Crippen molar-refractivity contribution in [1.29, 1.82) is 0 Å². The third-order valence-corrected chi connectivity index (χ3v) is 4.93. The lowest BCUT2D eigenvalue weighted by Crippen LogP contribution is -2.25. The first-order valence-electron chi connectivity index (χ1n) is 8.22. The molecule has 1 atom stereocenters. The number of carbonyl (C=O) groups excluding carboxylic acids is 2. The number of esters is 1. The minimum atomic E-state index is -4.01. The molecule has 7 nitrogen and oxygen atoms in total. The zero-order valence-corrected chi connectivity index (χ0v) is 16.1. The van der Waals surface area contributed by atoms with E-state index in [1.54, 1.807) is 12.1 Å². The molecule has 8 heteroatoms. The van der Waals surface area contributed by atoms with Crippen LogP contribution in [0.1, 0.15) is 40.1 Å². The predicted octanol–water partition coefficient (Wildman–Crippen LogP) is 2.33. The van der Waals surface area contributed by atoms with Gasteiger partial charge in [0.25, 0.3) is 0 Å². The van der Waals surface area contributed by atoms with E-state index >= 15 is 0 Å². The molecule has 0 amide bonds. The average molecular weight is 391 g/mol. The van der Waals surface area contributed by atoms with Crippen molar-refractivity contribution in [3.05, 3.63) is 59.2 Å². The average Bonchev–Trinajstić information content (AvgIpc) is 2.66. The molecule has 2 aromatic rings. The summed E-state index contributed by atoms with van der Waals surface area (Å²) in [6.45, 7) is 3.45. The highest BCUT2D eigenvalue weighted by Gasteiger charge is 2.24. The zero-order chi connectivity index (χ0) is 20.2. The maximum absolute atomic E-state index is 12.5. The molecule has 0 heterocycles. The minimum Gasteiger partial charge on any atom is -0.496 e. The van der Waals surface area contributed by atoms with E-state index in [0.29, 0.717) is 5.56 Å². The summed E-state index contributed by atoms with van der Waals surface area (Å²) in [5.74, 6) is -1.14. The van der Waals surface area contributed by atoms with E-state index < -0.39 is 22.1 Å². The molecule has 0 radical (unpaired) electrons. The highest BCUT2D eigenvalue weighted by atomic mass is 32.2. The Hall–Kier alpha value is -2.71. The molecule has 0 bridgehead atoms. The number of ether oxygens (including phenoxy) is 2. The highest BCUT2D eigenvalue weighted by molar-refractivity contribution is 7.89. The molecule has 2 rings (SSSR count). The molecular weight excluding hydrogens is 370 g/mol. The summed E-state index contributed by atoms with van der Waals surface area (Å²) in [6, 6.07) is 10.6. The van der Waals surface area contributed by atoms with Crippen molar-refractivity contribution >= 4 is 21.8 Å². The number of methoxy groups -OCH3 is 1. The van der Waals surface area contributed by atoms with Crippen LogP contribution >= 0.6 is 0 Å². The molecule has 27 heavy (non-hydrogen) atoms. The van der Waals surface area contributed by atoms with Crippen LogP contribution in [0.3, 0.4) is 0 Å². The van der Waals surface area contributed by atoms with Crippen molar-refractivity contribution in [2.45, 2.75) is 31.3 Å². The van der Waals surface area contributed by atoms with Gasteiger partial charge in [0.1, 0.15) is 11.3 Å². The minimum absolute atomic E-state index is 0.111. The third kappa shape index (κ3) is 4.93. The Morgan fingerprint density at radius 1 is 1.11 bits per heavy atom. The van der Waals surface area contributed by atoms with Gasteiger partial charge in [0.05, 0.1) is 12.0 Å². The number of hydrogen-bond acceptors (Lipinski definition) is 6. The maximum Gasteiger partial charge on any atom is 0.342 e. The summed E-state index contributed by atoms with van der Waals surface area (Å²) in [5.41, 5.74) is 1.36. The van der Waals surface area contributed by atoms with Crippen LogP contribution in [0.2, 0.25) is 0 Å². The van der Waals surface area contributed by atoms with Crippen molar-refractivity contribution in [2.24, 2.45) is 5.14 Å². The van der Waals surface area contributed by atoms with E-state index in [2.05, 4.69) is 0 Å². The van der Waals surface area contributed by atoms with Crippen LogP contribution in [0, 0.1) is 0 Å². The Morgan fingerprint density at radius 3 is 2.26 bits per heavy atom. The number of aryl methyl sites for hydroxylation is 1. The second-order valence-electron chi connectivity index (χ2n) is 5.87. The molecule has 2 aromatic carbocycles. The number of benzene rings is 2. The van der Waals surface area contributed by atoms with Crippen LogP contribution in [0.15, 0.2) is 47.4 Å². The fourth-order valence-electron chi connectivity index (χ4n) is 2.44. The lowest BCUT2D eigenvalue weighted by atomic mass is 10.0. The van der Waals surface area contributed by atoms with Gasteiger partial charge in [-0.3, -0.25) is 4.79 Å². The van der Waals surface area contributed by atoms with Crippen LogP contribution in [-0.2, 0) is 21.2 Å². The first-order chi connectivity index (χ1) is 12.7. The van der Waals surface area contributed by atoms with Gasteiger partial charge in [0.2, 0.25) is 15.8 Å². The topological polar surface area (TPSA) is 113 Å². The van der Waals surface area contributed by atoms with Gasteiger partial charge in [-0.2, -0.15) is 0 Å². The first kappa shape index (κ1) is 20.6. The Bertz CT molecular complexity index is 951. The van der Waals surface area contributed by atoms with E-state index in [0.717, 1.165) is 18.1 Å². The van der Waals surface area contributed by atoms with E-state index in [1.165, 1.54) is 26.2 Å². The van der Waals surface area contributed by atoms with E-state index in [4.69, 9.17) is 14.6 Å². The van der Waals surface area contributed by atoms with Crippen LogP contribution in [-0.4, -0.2) is 33.4 Å². The normalized spacial score (nSPS) is 12.3. The molecule has 0 aliphatic heterocycles. The number of ketones is 1. The molecule has 144 valence electrons. The van der Waals surface area contributed by atoms with Gasteiger partial charge >= 0.3 is 5.97 Å². The van der Waals surface area contributed by atoms with Gasteiger partial charge in [0, 0.05) is 5.56 Å². The third-order valence-electron chi connectivity index (χ3n) is 4.02. The summed E-state index contributed by atoms with van der Waals surface area (Å²) in [7, 11) is -2.68. The summed E-state index contributed by atoms with van der Waals surface area (Å²) >= 11 is 0. The number of sulfonamides is 1. The van der Waals surface area contributed by atoms with Crippen molar-refractivity contribution in [3.8, 4) is 5.75 Å². The second-order valence-corrected chi connectivity index (χ2v) is 7.43. The standard InChI is InChI=1S/C19H21NO6S/c1-4-13-5-7-14(8-6-13)18(21)12(2)26-19(22)16-11-15(27(20,23)24)9-10-17(16)25-3/h5-12H,4H2,1-3H3,(H2,20,23,24)/t12-/m1/s1. The lowest BCUT2D eigenvalue weighted by molar-refractivity contribution is 0.0315. The summed E-state index contributed by atoms with van der Waals surface area (Å²) in [5, 5.41) is 5.09. The Balaban J connectivity index is 2.23. The fraction of sp³-hybridized carbons (Fsp3) is 0.263. The van der Waals surface area contributed by atoms with Crippen LogP contribution in [0.5, 0.6) is 5.75 Å². The molecular formula is C19H21NO6S. The van der Waals surface area contributed by atoms with E-state index in [9.17, 15) is 18.0 Å². The number of hydrogen-bond donors (Lipinski definition) is 1. The van der Waals surface area contributed by atoms with Crippen molar-refractivity contribution < 1.29 is 27.5 Å². The molecule has 0 saturated carbocycles. The molecule has 0 fully saturated rings. The van der Waals surface area contributed by atoms with Gasteiger partial charge in [-0.1, -0.05) is 31.2 Å². The van der Waals surface area contributed by atoms with Gasteiger partial charge in [-0.25, -0.2) is 18.4 Å². The molecule has 0 aliphatic rings. The molecule has 0 saturated heterocycles. The first-order valence-corrected chi connectivity index (χ1v) is 9.77. The fourth-order valence-corrected chi connectivity index (χ4v) is 2.98. The summed E-state index contributed by atoms with van der Waals surface area (Å²) < 4.78 is 33.3. The summed E-state index contributed by atoms with van der Waals surface area (Å²) in [4.78, 5) is 24.7. The number of primary sulfonamides is 1. The van der Waals surface area contributed by atoms with Crippen molar-refractivity contribution in [2.75, 3.05) is 7.11 Å². The monoisotopic (exact) mass is 391 g/mol. The number of Topliss-reactive ketones (excluding diaryl/α,β-unsaturated/α-hetero) is 1. The highest BCUT2D eigenvalue weighted by Crippen LogP contribution is 2.23. The number of rotatable bonds is 7. The van der Waals surface area contributed by atoms with Gasteiger partial charge in [-0.15, -0.1) is 0 Å². The molecule has 0 aromatic heterocycles. The SMILES string of the molecule is CCc1ccc(C(=O)[C@@H](C)OC(=O)c2cc(S(N)(=O)=O)ccc2OC)cc1. The van der Waals surface area contributed by atoms with Crippen LogP contribution in [0.4, 0.5) is 0 Å². The quantitative estimate of drug-likeness (QED) is 0.572. The Morgan fingerprint density at radius 2 is 1.74 bits per heavy atom. The smallest absolute Gasteiger partial charge is 0.342 e. The predicted molar refractivity (Wildman–Crippen MR) is 99.4 cm³/mol. The molecule has 0 spiro atoms. The maximum atomic E-state index is 12.5. The number of nitrogens with two attached hydrogens (primary N) is 1. The van der Waals surface area contributed by atoms with Crippen molar-refractivity contribution in [3.63, 3.8) is 0 Å². The van der Waals surface area contributed by atoms with Crippen LogP contribution in [0.25, 0.3) is 0 Å². The van der Waals surface area contributed by atoms with Gasteiger partial charge < -0.3 is 9.47 Å². The van der Waals surface area contributed by atoms with E-state index in [1.807, 2.05) is 19.1 Å². The van der Waals surface area contributed by atoms with Crippen molar-refractivity contribution in [1.82, 2.24) is 0 Å². The second kappa shape index (κ2) is 8.32. The largest absolute Gasteiger partial charge is 0.496 e. The van der Waals surface area contributed by atoms with Gasteiger partial charge in [0.15, 0.2) is 6.10 Å². The molecule has 0 aliphatic carbocycles. The number of carbonyl (C=O) groups is 2. The Kier molecular flexibility index (Phi) is 6.35. The van der Waals surface area contributed by atoms with Crippen LogP contribution < -0.4 is 9.88 Å². The molecule has 2 N–H and O–H groups in total. The Labute approximate surface area is 158 Å². The lowest BCUT2D eigenvalue weighted by Gasteiger charge is -2.14. The molecule has 0 unspecified atom stereocenters. The zero-order valence-electron chi connectivity index (χ0n) is 15.3.